The summed E-state index contributed by atoms with van der Waals surface area (Å²) >= 11 is 1.96. The largest absolute Gasteiger partial charge is 0.444 e. The van der Waals surface area contributed by atoms with Gasteiger partial charge in [-0.25, -0.2) is 4.79 Å². The second-order valence-electron chi connectivity index (χ2n) is 6.29. The van der Waals surface area contributed by atoms with Crippen molar-refractivity contribution in [2.24, 2.45) is 0 Å². The molecule has 0 saturated carbocycles. The van der Waals surface area contributed by atoms with Gasteiger partial charge in [-0.3, -0.25) is 0 Å². The Kier molecular flexibility index (Phi) is 7.12. The van der Waals surface area contributed by atoms with Gasteiger partial charge in [-0.2, -0.15) is 11.8 Å². The summed E-state index contributed by atoms with van der Waals surface area (Å²) in [6.07, 6.45) is 0.276. The maximum atomic E-state index is 12.1. The van der Waals surface area contributed by atoms with Crippen molar-refractivity contribution in [3.8, 4) is 0 Å². The van der Waals surface area contributed by atoms with Crippen LogP contribution in [-0.2, 0) is 4.74 Å². The van der Waals surface area contributed by atoms with Gasteiger partial charge >= 0.3 is 6.09 Å². The third-order valence-electron chi connectivity index (χ3n) is 2.88. The van der Waals surface area contributed by atoms with Crippen molar-refractivity contribution in [3.05, 3.63) is 0 Å². The lowest BCUT2D eigenvalue weighted by Crippen LogP contribution is -2.44. The molecule has 1 fully saturated rings. The molecular formula is C14H28N2O3S. The van der Waals surface area contributed by atoms with Crippen LogP contribution in [0.15, 0.2) is 0 Å². The maximum absolute atomic E-state index is 12.1. The lowest BCUT2D eigenvalue weighted by molar-refractivity contribution is 0.0163. The lowest BCUT2D eigenvalue weighted by Gasteiger charge is -2.28. The predicted octanol–water partition coefficient (Wildman–Crippen LogP) is 1.70. The number of aliphatic hydroxyl groups excluding tert-OH is 1. The van der Waals surface area contributed by atoms with Gasteiger partial charge in [-0.05, 0) is 39.9 Å². The van der Waals surface area contributed by atoms with Crippen molar-refractivity contribution in [1.82, 2.24) is 10.2 Å². The highest BCUT2D eigenvalue weighted by Gasteiger charge is 2.23. The molecule has 2 atom stereocenters. The molecule has 1 saturated heterocycles. The number of carbonyl (C=O) groups excluding carboxylic acids is 1. The average Bonchev–Trinajstić information content (AvgIpc) is 2.77. The molecule has 0 spiro atoms. The Morgan fingerprint density at radius 3 is 2.75 bits per heavy atom. The quantitative estimate of drug-likeness (QED) is 0.782. The monoisotopic (exact) mass is 304 g/mol. The molecule has 0 aromatic rings. The number of nitrogens with zero attached hydrogens (tertiary/aromatic N) is 1. The van der Waals surface area contributed by atoms with Crippen LogP contribution >= 0.6 is 11.8 Å². The smallest absolute Gasteiger partial charge is 0.410 e. The van der Waals surface area contributed by atoms with Crippen LogP contribution in [0.1, 0.15) is 34.1 Å². The van der Waals surface area contributed by atoms with E-state index in [9.17, 15) is 9.90 Å². The molecule has 2 unspecified atom stereocenters. The van der Waals surface area contributed by atoms with Gasteiger partial charge in [0.1, 0.15) is 5.60 Å². The van der Waals surface area contributed by atoms with E-state index in [-0.39, 0.29) is 6.09 Å². The van der Waals surface area contributed by atoms with E-state index in [0.29, 0.717) is 19.1 Å². The molecule has 118 valence electrons. The first-order valence-corrected chi connectivity index (χ1v) is 8.40. The molecular weight excluding hydrogens is 276 g/mol. The summed E-state index contributed by atoms with van der Waals surface area (Å²) in [7, 11) is 0. The van der Waals surface area contributed by atoms with E-state index >= 15 is 0 Å². The number of rotatable bonds is 6. The second kappa shape index (κ2) is 8.10. The Morgan fingerprint density at radius 1 is 1.55 bits per heavy atom. The Balaban J connectivity index is 2.39. The fourth-order valence-corrected chi connectivity index (χ4v) is 3.19. The number of nitrogens with one attached hydrogen (secondary N) is 1. The van der Waals surface area contributed by atoms with Crippen LogP contribution in [0.4, 0.5) is 4.79 Å². The summed E-state index contributed by atoms with van der Waals surface area (Å²) in [6.45, 7) is 8.81. The van der Waals surface area contributed by atoms with Crippen LogP contribution in [0.3, 0.4) is 0 Å². The zero-order valence-electron chi connectivity index (χ0n) is 13.0. The zero-order chi connectivity index (χ0) is 15.2. The topological polar surface area (TPSA) is 61.8 Å². The minimum absolute atomic E-state index is 0.302. The van der Waals surface area contributed by atoms with Gasteiger partial charge in [0.05, 0.1) is 6.10 Å². The SMILES string of the molecule is CC(O)CN(CCNC1CCSC1)C(=O)OC(C)(C)C. The minimum Gasteiger partial charge on any atom is -0.444 e. The number of hydrogen-bond donors (Lipinski definition) is 2. The summed E-state index contributed by atoms with van der Waals surface area (Å²) < 4.78 is 5.37. The molecule has 5 nitrogen and oxygen atoms in total. The standard InChI is InChI=1S/C14H28N2O3S/c1-11(17)9-16(13(18)19-14(2,3)4)7-6-15-12-5-8-20-10-12/h11-12,15,17H,5-10H2,1-4H3. The number of aliphatic hydroxyl groups is 1. The molecule has 0 radical (unpaired) electrons. The van der Waals surface area contributed by atoms with Gasteiger partial charge in [0, 0.05) is 31.4 Å². The fourth-order valence-electron chi connectivity index (χ4n) is 2.00. The van der Waals surface area contributed by atoms with E-state index < -0.39 is 11.7 Å². The highest BCUT2D eigenvalue weighted by molar-refractivity contribution is 7.99. The molecule has 1 aliphatic rings. The molecule has 0 bridgehead atoms. The number of ether oxygens (including phenoxy) is 1. The van der Waals surface area contributed by atoms with Gasteiger partial charge in [-0.1, -0.05) is 0 Å². The molecule has 20 heavy (non-hydrogen) atoms. The molecule has 1 heterocycles. The van der Waals surface area contributed by atoms with Crippen LogP contribution < -0.4 is 5.32 Å². The van der Waals surface area contributed by atoms with Crippen molar-refractivity contribution >= 4 is 17.9 Å². The summed E-state index contributed by atoms with van der Waals surface area (Å²) in [5.41, 5.74) is -0.510. The van der Waals surface area contributed by atoms with Crippen molar-refractivity contribution in [1.29, 1.82) is 0 Å². The molecule has 1 rings (SSSR count). The molecule has 1 amide bonds. The van der Waals surface area contributed by atoms with E-state index in [0.717, 1.165) is 12.3 Å². The maximum Gasteiger partial charge on any atom is 0.410 e. The Hall–Kier alpha value is -0.460. The van der Waals surface area contributed by atoms with E-state index in [1.165, 1.54) is 12.2 Å². The summed E-state index contributed by atoms with van der Waals surface area (Å²) in [5.74, 6) is 2.35. The van der Waals surface area contributed by atoms with Gasteiger partial charge < -0.3 is 20.1 Å². The average molecular weight is 304 g/mol. The first kappa shape index (κ1) is 17.6. The fraction of sp³-hybridized carbons (Fsp3) is 0.929. The van der Waals surface area contributed by atoms with Crippen molar-refractivity contribution in [3.63, 3.8) is 0 Å². The Morgan fingerprint density at radius 2 is 2.25 bits per heavy atom. The van der Waals surface area contributed by atoms with Crippen LogP contribution in [0.25, 0.3) is 0 Å². The minimum atomic E-state index is -0.551. The first-order valence-electron chi connectivity index (χ1n) is 7.25. The third kappa shape index (κ3) is 7.36. The highest BCUT2D eigenvalue weighted by atomic mass is 32.2. The van der Waals surface area contributed by atoms with Crippen molar-refractivity contribution in [2.45, 2.75) is 51.9 Å². The third-order valence-corrected chi connectivity index (χ3v) is 4.04. The molecule has 0 aromatic carbocycles. The van der Waals surface area contributed by atoms with Gasteiger partial charge in [0.2, 0.25) is 0 Å². The Labute approximate surface area is 126 Å². The van der Waals surface area contributed by atoms with Gasteiger partial charge in [0.15, 0.2) is 0 Å². The normalized spacial score (nSPS) is 20.8. The first-order chi connectivity index (χ1) is 9.28. The van der Waals surface area contributed by atoms with Crippen LogP contribution in [0.2, 0.25) is 0 Å². The van der Waals surface area contributed by atoms with Gasteiger partial charge in [-0.15, -0.1) is 0 Å². The molecule has 6 heteroatoms. The van der Waals surface area contributed by atoms with E-state index in [4.69, 9.17) is 4.74 Å². The van der Waals surface area contributed by atoms with Crippen molar-refractivity contribution in [2.75, 3.05) is 31.1 Å². The second-order valence-corrected chi connectivity index (χ2v) is 7.44. The summed E-state index contributed by atoms with van der Waals surface area (Å²) in [6, 6.07) is 0.548. The van der Waals surface area contributed by atoms with E-state index in [2.05, 4.69) is 5.32 Å². The zero-order valence-corrected chi connectivity index (χ0v) is 13.8. The number of thioether (sulfide) groups is 1. The summed E-state index contributed by atoms with van der Waals surface area (Å²) in [5, 5.41) is 13.0. The van der Waals surface area contributed by atoms with Crippen LogP contribution in [-0.4, -0.2) is 65.0 Å². The lowest BCUT2D eigenvalue weighted by atomic mass is 10.2. The van der Waals surface area contributed by atoms with Crippen LogP contribution in [0.5, 0.6) is 0 Å². The molecule has 0 aromatic heterocycles. The van der Waals surface area contributed by atoms with E-state index in [1.54, 1.807) is 11.8 Å². The number of hydrogen-bond acceptors (Lipinski definition) is 5. The van der Waals surface area contributed by atoms with Crippen LogP contribution in [0, 0.1) is 0 Å². The van der Waals surface area contributed by atoms with Crippen molar-refractivity contribution < 1.29 is 14.6 Å². The Bertz CT molecular complexity index is 299. The highest BCUT2D eigenvalue weighted by Crippen LogP contribution is 2.16. The summed E-state index contributed by atoms with van der Waals surface area (Å²) in [4.78, 5) is 13.7. The van der Waals surface area contributed by atoms with Gasteiger partial charge in [0.25, 0.3) is 0 Å². The molecule has 0 aliphatic carbocycles. The number of carbonyl (C=O) groups is 1. The molecule has 1 aliphatic heterocycles. The number of amides is 1. The van der Waals surface area contributed by atoms with E-state index in [1.807, 2.05) is 32.5 Å². The molecule has 2 N–H and O–H groups in total. The predicted molar refractivity (Wildman–Crippen MR) is 83.2 cm³/mol.